The van der Waals surface area contributed by atoms with Gasteiger partial charge in [-0.1, -0.05) is 6.92 Å². The monoisotopic (exact) mass is 164 g/mol. The highest BCUT2D eigenvalue weighted by Crippen LogP contribution is 2.31. The zero-order chi connectivity index (χ0) is 8.97. The summed E-state index contributed by atoms with van der Waals surface area (Å²) in [7, 11) is 0. The lowest BCUT2D eigenvalue weighted by Crippen LogP contribution is -2.09. The number of terminal acetylenes is 1. The van der Waals surface area contributed by atoms with Crippen molar-refractivity contribution in [2.75, 3.05) is 0 Å². The first kappa shape index (κ1) is 9.32. The van der Waals surface area contributed by atoms with E-state index < -0.39 is 0 Å². The first-order valence-electron chi connectivity index (χ1n) is 4.72. The number of rotatable bonds is 3. The van der Waals surface area contributed by atoms with Crippen molar-refractivity contribution >= 4 is 5.78 Å². The maximum absolute atomic E-state index is 11.2. The zero-order valence-electron chi connectivity index (χ0n) is 7.68. The molecule has 0 aliphatic heterocycles. The molecule has 1 fully saturated rings. The number of hydrogen-bond donors (Lipinski definition) is 0. The molecule has 2 unspecified atom stereocenters. The van der Waals surface area contributed by atoms with Gasteiger partial charge < -0.3 is 0 Å². The van der Waals surface area contributed by atoms with E-state index >= 15 is 0 Å². The molecule has 0 amide bonds. The van der Waals surface area contributed by atoms with Gasteiger partial charge in [-0.25, -0.2) is 0 Å². The van der Waals surface area contributed by atoms with E-state index in [4.69, 9.17) is 6.42 Å². The van der Waals surface area contributed by atoms with E-state index in [1.807, 2.05) is 0 Å². The van der Waals surface area contributed by atoms with Crippen LogP contribution >= 0.6 is 0 Å². The number of ketones is 1. The molecule has 0 heterocycles. The molecule has 0 radical (unpaired) electrons. The lowest BCUT2D eigenvalue weighted by molar-refractivity contribution is -0.120. The topological polar surface area (TPSA) is 17.1 Å². The Morgan fingerprint density at radius 1 is 1.67 bits per heavy atom. The molecule has 1 nitrogen and oxygen atoms in total. The Hall–Kier alpha value is -0.770. The number of unbranched alkanes of at least 4 members (excludes halogenated alkanes) is 1. The minimum absolute atomic E-state index is 0.294. The largest absolute Gasteiger partial charge is 0.299 e. The summed E-state index contributed by atoms with van der Waals surface area (Å²) in [6, 6.07) is 0. The molecular formula is C11H16O. The third-order valence-electron chi connectivity index (χ3n) is 2.87. The van der Waals surface area contributed by atoms with Crippen LogP contribution in [-0.4, -0.2) is 5.78 Å². The molecular weight excluding hydrogens is 148 g/mol. The molecule has 66 valence electrons. The molecule has 0 spiro atoms. The number of hydrogen-bond acceptors (Lipinski definition) is 1. The van der Waals surface area contributed by atoms with Crippen molar-refractivity contribution in [3.63, 3.8) is 0 Å². The fourth-order valence-corrected chi connectivity index (χ4v) is 1.93. The molecule has 0 aromatic rings. The molecule has 0 aromatic carbocycles. The van der Waals surface area contributed by atoms with E-state index in [0.29, 0.717) is 17.6 Å². The van der Waals surface area contributed by atoms with Crippen LogP contribution in [0.15, 0.2) is 0 Å². The van der Waals surface area contributed by atoms with Crippen LogP contribution in [0.1, 0.15) is 39.0 Å². The fourth-order valence-electron chi connectivity index (χ4n) is 1.93. The SMILES string of the molecule is C#CCCCC1CCC(=O)C1C. The summed E-state index contributed by atoms with van der Waals surface area (Å²) < 4.78 is 0. The highest BCUT2D eigenvalue weighted by molar-refractivity contribution is 5.82. The Balaban J connectivity index is 2.25. The predicted molar refractivity (Wildman–Crippen MR) is 49.6 cm³/mol. The van der Waals surface area contributed by atoms with Crippen LogP contribution in [0.25, 0.3) is 0 Å². The van der Waals surface area contributed by atoms with E-state index in [9.17, 15) is 4.79 Å². The van der Waals surface area contributed by atoms with Crippen molar-refractivity contribution in [1.82, 2.24) is 0 Å². The van der Waals surface area contributed by atoms with E-state index in [-0.39, 0.29) is 0 Å². The fraction of sp³-hybridized carbons (Fsp3) is 0.727. The summed E-state index contributed by atoms with van der Waals surface area (Å²) in [4.78, 5) is 11.2. The highest BCUT2D eigenvalue weighted by atomic mass is 16.1. The molecule has 1 aliphatic carbocycles. The number of carbonyl (C=O) groups excluding carboxylic acids is 1. The van der Waals surface area contributed by atoms with Crippen molar-refractivity contribution in [3.8, 4) is 12.3 Å². The van der Waals surface area contributed by atoms with Gasteiger partial charge in [-0.05, 0) is 25.2 Å². The Morgan fingerprint density at radius 3 is 2.92 bits per heavy atom. The molecule has 0 saturated heterocycles. The van der Waals surface area contributed by atoms with Gasteiger partial charge in [0.25, 0.3) is 0 Å². The van der Waals surface area contributed by atoms with E-state index in [0.717, 1.165) is 32.1 Å². The van der Waals surface area contributed by atoms with E-state index in [1.54, 1.807) is 0 Å². The Bertz CT molecular complexity index is 200. The molecule has 1 rings (SSSR count). The third kappa shape index (κ3) is 2.11. The minimum atomic E-state index is 0.294. The summed E-state index contributed by atoms with van der Waals surface area (Å²) in [5.74, 6) is 3.99. The molecule has 0 N–H and O–H groups in total. The molecule has 0 aromatic heterocycles. The van der Waals surface area contributed by atoms with Crippen molar-refractivity contribution in [1.29, 1.82) is 0 Å². The number of Topliss-reactive ketones (excluding diaryl/α,β-unsaturated/α-hetero) is 1. The van der Waals surface area contributed by atoms with Crippen LogP contribution in [-0.2, 0) is 4.79 Å². The molecule has 0 bridgehead atoms. The first-order chi connectivity index (χ1) is 5.75. The lowest BCUT2D eigenvalue weighted by Gasteiger charge is -2.12. The normalized spacial score (nSPS) is 28.8. The van der Waals surface area contributed by atoms with Crippen molar-refractivity contribution < 1.29 is 4.79 Å². The average Bonchev–Trinajstić information content (AvgIpc) is 2.36. The smallest absolute Gasteiger partial charge is 0.135 e. The highest BCUT2D eigenvalue weighted by Gasteiger charge is 2.29. The Labute approximate surface area is 74.5 Å². The van der Waals surface area contributed by atoms with Gasteiger partial charge in [0.1, 0.15) is 5.78 Å². The second-order valence-corrected chi connectivity index (χ2v) is 3.65. The van der Waals surface area contributed by atoms with Gasteiger partial charge in [0, 0.05) is 18.8 Å². The van der Waals surface area contributed by atoms with Gasteiger partial charge in [-0.3, -0.25) is 4.79 Å². The first-order valence-corrected chi connectivity index (χ1v) is 4.72. The second-order valence-electron chi connectivity index (χ2n) is 3.65. The van der Waals surface area contributed by atoms with Crippen LogP contribution in [0.5, 0.6) is 0 Å². The molecule has 12 heavy (non-hydrogen) atoms. The molecule has 1 heteroatoms. The zero-order valence-corrected chi connectivity index (χ0v) is 7.68. The van der Waals surface area contributed by atoms with Crippen LogP contribution in [0, 0.1) is 24.2 Å². The maximum Gasteiger partial charge on any atom is 0.135 e. The molecule has 1 saturated carbocycles. The summed E-state index contributed by atoms with van der Waals surface area (Å²) >= 11 is 0. The minimum Gasteiger partial charge on any atom is -0.299 e. The number of carbonyl (C=O) groups is 1. The second kappa shape index (κ2) is 4.30. The Kier molecular flexibility index (Phi) is 3.34. The van der Waals surface area contributed by atoms with Crippen molar-refractivity contribution in [2.45, 2.75) is 39.0 Å². The third-order valence-corrected chi connectivity index (χ3v) is 2.87. The van der Waals surface area contributed by atoms with Gasteiger partial charge >= 0.3 is 0 Å². The summed E-state index contributed by atoms with van der Waals surface area (Å²) in [6.07, 6.45) is 10.1. The quantitative estimate of drug-likeness (QED) is 0.462. The summed E-state index contributed by atoms with van der Waals surface area (Å²) in [5, 5.41) is 0. The van der Waals surface area contributed by atoms with Gasteiger partial charge in [0.05, 0.1) is 0 Å². The van der Waals surface area contributed by atoms with Gasteiger partial charge in [-0.2, -0.15) is 0 Å². The van der Waals surface area contributed by atoms with Crippen LogP contribution in [0.2, 0.25) is 0 Å². The van der Waals surface area contributed by atoms with Gasteiger partial charge in [0.2, 0.25) is 0 Å². The summed E-state index contributed by atoms with van der Waals surface area (Å²) in [5.41, 5.74) is 0. The lowest BCUT2D eigenvalue weighted by atomic mass is 9.92. The van der Waals surface area contributed by atoms with Crippen LogP contribution in [0.4, 0.5) is 0 Å². The average molecular weight is 164 g/mol. The van der Waals surface area contributed by atoms with Crippen LogP contribution < -0.4 is 0 Å². The van der Waals surface area contributed by atoms with Crippen molar-refractivity contribution in [3.05, 3.63) is 0 Å². The van der Waals surface area contributed by atoms with Gasteiger partial charge in [-0.15, -0.1) is 12.3 Å². The predicted octanol–water partition coefficient (Wildman–Crippen LogP) is 2.41. The van der Waals surface area contributed by atoms with E-state index in [1.165, 1.54) is 0 Å². The molecule has 2 atom stereocenters. The van der Waals surface area contributed by atoms with Gasteiger partial charge in [0.15, 0.2) is 0 Å². The summed E-state index contributed by atoms with van der Waals surface area (Å²) in [6.45, 7) is 2.05. The standard InChI is InChI=1S/C11H16O/c1-3-4-5-6-10-7-8-11(12)9(10)2/h1,9-10H,4-8H2,2H3. The molecule has 1 aliphatic rings. The van der Waals surface area contributed by atoms with E-state index in [2.05, 4.69) is 12.8 Å². The Morgan fingerprint density at radius 2 is 2.42 bits per heavy atom. The van der Waals surface area contributed by atoms with Crippen LogP contribution in [0.3, 0.4) is 0 Å². The maximum atomic E-state index is 11.2. The van der Waals surface area contributed by atoms with Crippen molar-refractivity contribution in [2.24, 2.45) is 11.8 Å².